The second-order valence-electron chi connectivity index (χ2n) is 5.06. The first-order valence-electron chi connectivity index (χ1n) is 5.76. The maximum Gasteiger partial charge on any atom is 0.155 e. The van der Waals surface area contributed by atoms with E-state index in [1.54, 1.807) is 18.1 Å². The minimum atomic E-state index is 0.245. The molecular weight excluding hydrogens is 184 g/mol. The summed E-state index contributed by atoms with van der Waals surface area (Å²) >= 11 is 0. The Morgan fingerprint density at radius 2 is 2.27 bits per heavy atom. The van der Waals surface area contributed by atoms with Crippen molar-refractivity contribution in [2.75, 3.05) is 0 Å². The maximum absolute atomic E-state index is 11.4. The number of fused-ring (bicyclic) bond motifs is 4. The van der Waals surface area contributed by atoms with E-state index in [9.17, 15) is 4.79 Å². The smallest absolute Gasteiger partial charge is 0.155 e. The van der Waals surface area contributed by atoms with Crippen molar-refractivity contribution in [2.45, 2.75) is 32.6 Å². The molecule has 1 nitrogen and oxygen atoms in total. The monoisotopic (exact) mass is 200 g/mol. The molecule has 1 heteroatoms. The topological polar surface area (TPSA) is 17.1 Å². The molecule has 2 atom stereocenters. The zero-order valence-corrected chi connectivity index (χ0v) is 9.18. The Morgan fingerprint density at radius 1 is 1.47 bits per heavy atom. The number of Topliss-reactive ketones (excluding diaryl/α,β-unsaturated/α-hetero) is 1. The summed E-state index contributed by atoms with van der Waals surface area (Å²) in [5, 5.41) is 0. The van der Waals surface area contributed by atoms with Crippen LogP contribution in [-0.2, 0) is 4.79 Å². The molecule has 0 aromatic rings. The number of carbonyl (C=O) groups is 1. The van der Waals surface area contributed by atoms with Gasteiger partial charge in [0, 0.05) is 5.92 Å². The summed E-state index contributed by atoms with van der Waals surface area (Å²) in [4.78, 5) is 11.4. The van der Waals surface area contributed by atoms with E-state index in [0.717, 1.165) is 24.3 Å². The number of ketones is 1. The molecule has 0 radical (unpaired) electrons. The summed E-state index contributed by atoms with van der Waals surface area (Å²) in [7, 11) is 0. The van der Waals surface area contributed by atoms with Gasteiger partial charge in [0.2, 0.25) is 0 Å². The van der Waals surface area contributed by atoms with E-state index < -0.39 is 0 Å². The number of hydrogen-bond acceptors (Lipinski definition) is 1. The average molecular weight is 200 g/mol. The van der Waals surface area contributed by atoms with Crippen molar-refractivity contribution >= 4 is 5.78 Å². The molecule has 0 amide bonds. The van der Waals surface area contributed by atoms with E-state index in [2.05, 4.69) is 12.7 Å². The molecular formula is C14H16O. The van der Waals surface area contributed by atoms with Gasteiger partial charge in [0.25, 0.3) is 0 Å². The summed E-state index contributed by atoms with van der Waals surface area (Å²) in [6.07, 6.45) is 6.56. The van der Waals surface area contributed by atoms with Crippen molar-refractivity contribution in [1.82, 2.24) is 0 Å². The normalized spacial score (nSPS) is 33.1. The molecule has 3 aliphatic rings. The summed E-state index contributed by atoms with van der Waals surface area (Å²) in [6.45, 7) is 5.84. The summed E-state index contributed by atoms with van der Waals surface area (Å²) in [6, 6.07) is 0. The molecule has 2 bridgehead atoms. The minimum absolute atomic E-state index is 0.245. The second-order valence-corrected chi connectivity index (χ2v) is 5.06. The van der Waals surface area contributed by atoms with Crippen molar-refractivity contribution < 1.29 is 4.79 Å². The van der Waals surface area contributed by atoms with Crippen molar-refractivity contribution in [2.24, 2.45) is 11.8 Å². The zero-order valence-electron chi connectivity index (χ0n) is 9.18. The predicted molar refractivity (Wildman–Crippen MR) is 60.4 cm³/mol. The van der Waals surface area contributed by atoms with E-state index in [4.69, 9.17) is 0 Å². The van der Waals surface area contributed by atoms with Gasteiger partial charge in [0.05, 0.1) is 0 Å². The van der Waals surface area contributed by atoms with Crippen LogP contribution >= 0.6 is 0 Å². The van der Waals surface area contributed by atoms with Crippen molar-refractivity contribution in [1.29, 1.82) is 0 Å². The molecule has 0 aromatic carbocycles. The first-order valence-corrected chi connectivity index (χ1v) is 5.76. The predicted octanol–water partition coefficient (Wildman–Crippen LogP) is 3.19. The maximum atomic E-state index is 11.4. The molecule has 0 aliphatic heterocycles. The lowest BCUT2D eigenvalue weighted by Crippen LogP contribution is -2.12. The van der Waals surface area contributed by atoms with E-state index >= 15 is 0 Å². The summed E-state index contributed by atoms with van der Waals surface area (Å²) in [5.41, 5.74) is 5.61. The number of carbonyl (C=O) groups excluding carboxylic acids is 1. The van der Waals surface area contributed by atoms with Crippen LogP contribution < -0.4 is 0 Å². The molecule has 0 heterocycles. The Morgan fingerprint density at radius 3 is 3.00 bits per heavy atom. The molecule has 0 spiro atoms. The molecule has 0 N–H and O–H groups in total. The largest absolute Gasteiger partial charge is 0.295 e. The van der Waals surface area contributed by atoms with Crippen molar-refractivity contribution in [3.05, 3.63) is 34.9 Å². The lowest BCUT2D eigenvalue weighted by molar-refractivity contribution is -0.113. The van der Waals surface area contributed by atoms with E-state index in [1.807, 2.05) is 0 Å². The van der Waals surface area contributed by atoms with Gasteiger partial charge >= 0.3 is 0 Å². The van der Waals surface area contributed by atoms with E-state index in [-0.39, 0.29) is 5.78 Å². The molecule has 2 unspecified atom stereocenters. The Labute approximate surface area is 90.6 Å². The van der Waals surface area contributed by atoms with Gasteiger partial charge in [-0.15, -0.1) is 0 Å². The highest BCUT2D eigenvalue weighted by atomic mass is 16.1. The van der Waals surface area contributed by atoms with E-state index in [1.165, 1.54) is 18.4 Å². The lowest BCUT2D eigenvalue weighted by atomic mass is 9.80. The van der Waals surface area contributed by atoms with Gasteiger partial charge in [-0.1, -0.05) is 29.4 Å². The molecule has 15 heavy (non-hydrogen) atoms. The molecule has 1 saturated carbocycles. The van der Waals surface area contributed by atoms with Gasteiger partial charge < -0.3 is 0 Å². The standard InChI is InChI=1S/C14H16O/c1-8-5-11-7-13(8)14-6-10(9(2)15)3-4-12(11)14/h3,11,13H,1,4-7H2,2H3. The van der Waals surface area contributed by atoms with Gasteiger partial charge in [-0.3, -0.25) is 4.79 Å². The third kappa shape index (κ3) is 1.19. The first kappa shape index (κ1) is 9.14. The number of hydrogen-bond donors (Lipinski definition) is 0. The minimum Gasteiger partial charge on any atom is -0.295 e. The zero-order chi connectivity index (χ0) is 10.6. The molecule has 1 fully saturated rings. The van der Waals surface area contributed by atoms with Gasteiger partial charge in [-0.25, -0.2) is 0 Å². The molecule has 0 saturated heterocycles. The third-order valence-electron chi connectivity index (χ3n) is 4.25. The molecule has 3 rings (SSSR count). The fourth-order valence-corrected chi connectivity index (χ4v) is 3.45. The SMILES string of the molecule is C=C1CC2CC1C1=C2CC=C(C(C)=O)C1. The number of rotatable bonds is 1. The molecule has 3 aliphatic carbocycles. The molecule has 0 aromatic heterocycles. The van der Waals surface area contributed by atoms with Crippen molar-refractivity contribution in [3.63, 3.8) is 0 Å². The van der Waals surface area contributed by atoms with Gasteiger partial charge in [-0.05, 0) is 44.1 Å². The average Bonchev–Trinajstić information content (AvgIpc) is 2.74. The quantitative estimate of drug-likeness (QED) is 0.594. The van der Waals surface area contributed by atoms with Crippen LogP contribution in [0.1, 0.15) is 32.6 Å². The van der Waals surface area contributed by atoms with Gasteiger partial charge in [-0.2, -0.15) is 0 Å². The van der Waals surface area contributed by atoms with E-state index in [0.29, 0.717) is 5.92 Å². The summed E-state index contributed by atoms with van der Waals surface area (Å²) in [5.74, 6) is 1.63. The number of allylic oxidation sites excluding steroid dienone is 5. The Balaban J connectivity index is 1.93. The van der Waals surface area contributed by atoms with Crippen LogP contribution in [0.3, 0.4) is 0 Å². The highest BCUT2D eigenvalue weighted by Crippen LogP contribution is 2.55. The van der Waals surface area contributed by atoms with Crippen LogP contribution in [0.25, 0.3) is 0 Å². The fraction of sp³-hybridized carbons (Fsp3) is 0.500. The highest BCUT2D eigenvalue weighted by Gasteiger charge is 2.41. The van der Waals surface area contributed by atoms with Crippen LogP contribution in [-0.4, -0.2) is 5.78 Å². The first-order chi connectivity index (χ1) is 7.16. The second kappa shape index (κ2) is 2.94. The van der Waals surface area contributed by atoms with Crippen molar-refractivity contribution in [3.8, 4) is 0 Å². The molecule has 78 valence electrons. The Kier molecular flexibility index (Phi) is 1.79. The Bertz CT molecular complexity index is 423. The van der Waals surface area contributed by atoms with Crippen LogP contribution in [0.4, 0.5) is 0 Å². The van der Waals surface area contributed by atoms with Gasteiger partial charge in [0.1, 0.15) is 0 Å². The Hall–Kier alpha value is -1.11. The van der Waals surface area contributed by atoms with Crippen LogP contribution in [0.5, 0.6) is 0 Å². The van der Waals surface area contributed by atoms with Crippen LogP contribution in [0.2, 0.25) is 0 Å². The van der Waals surface area contributed by atoms with Gasteiger partial charge in [0.15, 0.2) is 5.78 Å². The third-order valence-corrected chi connectivity index (χ3v) is 4.25. The van der Waals surface area contributed by atoms with Crippen LogP contribution in [0.15, 0.2) is 34.9 Å². The lowest BCUT2D eigenvalue weighted by Gasteiger charge is -2.25. The van der Waals surface area contributed by atoms with Crippen LogP contribution in [0, 0.1) is 11.8 Å². The highest BCUT2D eigenvalue weighted by molar-refractivity contribution is 5.94. The summed E-state index contributed by atoms with van der Waals surface area (Å²) < 4.78 is 0. The fourth-order valence-electron chi connectivity index (χ4n) is 3.45.